The number of nitriles is 1. The van der Waals surface area contributed by atoms with Gasteiger partial charge in [-0.15, -0.1) is 0 Å². The number of piperidine rings is 1. The van der Waals surface area contributed by atoms with E-state index >= 15 is 0 Å². The Morgan fingerprint density at radius 3 is 2.64 bits per heavy atom. The predicted molar refractivity (Wildman–Crippen MR) is 106 cm³/mol. The molecule has 2 heterocycles. The molecular formula is C19H18BrFN4O3. The zero-order chi connectivity index (χ0) is 20.4. The number of benzene rings is 1. The molecule has 0 bridgehead atoms. The van der Waals surface area contributed by atoms with E-state index in [0.29, 0.717) is 30.3 Å². The third-order valence-corrected chi connectivity index (χ3v) is 5.62. The third-order valence-electron chi connectivity index (χ3n) is 4.88. The summed E-state index contributed by atoms with van der Waals surface area (Å²) in [7, 11) is 1.35. The van der Waals surface area contributed by atoms with E-state index in [1.54, 1.807) is 12.1 Å². The summed E-state index contributed by atoms with van der Waals surface area (Å²) in [6, 6.07) is 5.88. The Kier molecular flexibility index (Phi) is 5.79. The molecule has 1 aliphatic heterocycles. The standard InChI is InChI=1S/C19H18BrFN4O3/c1-11-5-7-24(8-6-11)19-17(25(26)27)18(28-2)15(20)16(23-19)12-3-4-13(10-22)14(21)9-12/h3-4,9,11H,5-8H2,1-2H3. The van der Waals surface area contributed by atoms with Gasteiger partial charge in [0.15, 0.2) is 0 Å². The Bertz CT molecular complexity index is 969. The van der Waals surface area contributed by atoms with Gasteiger partial charge in [-0.3, -0.25) is 10.1 Å². The second-order valence-electron chi connectivity index (χ2n) is 6.71. The van der Waals surface area contributed by atoms with Crippen LogP contribution in [-0.2, 0) is 0 Å². The van der Waals surface area contributed by atoms with E-state index in [4.69, 9.17) is 10.00 Å². The van der Waals surface area contributed by atoms with Crippen molar-refractivity contribution in [3.63, 3.8) is 0 Å². The van der Waals surface area contributed by atoms with Gasteiger partial charge >= 0.3 is 5.69 Å². The number of nitrogens with zero attached hydrogens (tertiary/aromatic N) is 4. The maximum Gasteiger partial charge on any atom is 0.354 e. The summed E-state index contributed by atoms with van der Waals surface area (Å²) in [6.45, 7) is 3.42. The van der Waals surface area contributed by atoms with Gasteiger partial charge in [0, 0.05) is 18.7 Å². The summed E-state index contributed by atoms with van der Waals surface area (Å²) in [6.07, 6.45) is 1.80. The summed E-state index contributed by atoms with van der Waals surface area (Å²) in [4.78, 5) is 17.7. The molecule has 1 fully saturated rings. The first-order valence-electron chi connectivity index (χ1n) is 8.74. The lowest BCUT2D eigenvalue weighted by molar-refractivity contribution is -0.385. The maximum absolute atomic E-state index is 14.1. The normalized spacial score (nSPS) is 14.6. The van der Waals surface area contributed by atoms with Crippen LogP contribution in [0, 0.1) is 33.2 Å². The van der Waals surface area contributed by atoms with Crippen molar-refractivity contribution in [2.75, 3.05) is 25.1 Å². The Morgan fingerprint density at radius 1 is 1.43 bits per heavy atom. The van der Waals surface area contributed by atoms with Crippen LogP contribution >= 0.6 is 15.9 Å². The van der Waals surface area contributed by atoms with Gasteiger partial charge in [0.05, 0.1) is 27.8 Å². The van der Waals surface area contributed by atoms with Crippen LogP contribution in [0.5, 0.6) is 5.75 Å². The van der Waals surface area contributed by atoms with Crippen LogP contribution in [0.25, 0.3) is 11.3 Å². The first-order valence-corrected chi connectivity index (χ1v) is 9.53. The van der Waals surface area contributed by atoms with E-state index in [2.05, 4.69) is 27.8 Å². The summed E-state index contributed by atoms with van der Waals surface area (Å²) in [5.74, 6) is 0.101. The molecule has 0 spiro atoms. The highest BCUT2D eigenvalue weighted by Gasteiger charge is 2.33. The number of hydrogen-bond donors (Lipinski definition) is 0. The monoisotopic (exact) mass is 448 g/mol. The Hall–Kier alpha value is -2.73. The molecular weight excluding hydrogens is 431 g/mol. The minimum absolute atomic E-state index is 0.0355. The van der Waals surface area contributed by atoms with Crippen LogP contribution in [0.4, 0.5) is 15.9 Å². The molecule has 2 aromatic rings. The molecule has 0 aliphatic carbocycles. The van der Waals surface area contributed by atoms with Crippen molar-refractivity contribution in [2.24, 2.45) is 5.92 Å². The quantitative estimate of drug-likeness (QED) is 0.498. The molecule has 28 heavy (non-hydrogen) atoms. The topological polar surface area (TPSA) is 92.3 Å². The van der Waals surface area contributed by atoms with E-state index < -0.39 is 10.7 Å². The molecule has 1 aliphatic rings. The van der Waals surface area contributed by atoms with Crippen molar-refractivity contribution in [1.29, 1.82) is 5.26 Å². The van der Waals surface area contributed by atoms with Crippen molar-refractivity contribution >= 4 is 27.4 Å². The van der Waals surface area contributed by atoms with Crippen LogP contribution in [0.1, 0.15) is 25.3 Å². The first kappa shape index (κ1) is 20.0. The van der Waals surface area contributed by atoms with Gasteiger partial charge in [-0.2, -0.15) is 5.26 Å². The van der Waals surface area contributed by atoms with Gasteiger partial charge < -0.3 is 9.64 Å². The predicted octanol–water partition coefficient (Wildman–Crippen LogP) is 4.67. The van der Waals surface area contributed by atoms with Gasteiger partial charge in [-0.05, 0) is 46.8 Å². The zero-order valence-electron chi connectivity index (χ0n) is 15.4. The first-order chi connectivity index (χ1) is 13.4. The zero-order valence-corrected chi connectivity index (χ0v) is 17.0. The lowest BCUT2D eigenvalue weighted by atomic mass is 9.99. The average molecular weight is 449 g/mol. The van der Waals surface area contributed by atoms with Gasteiger partial charge in [-0.25, -0.2) is 9.37 Å². The molecule has 0 amide bonds. The van der Waals surface area contributed by atoms with Crippen molar-refractivity contribution in [2.45, 2.75) is 19.8 Å². The van der Waals surface area contributed by atoms with Gasteiger partial charge in [0.25, 0.3) is 0 Å². The highest BCUT2D eigenvalue weighted by atomic mass is 79.9. The average Bonchev–Trinajstić information content (AvgIpc) is 2.68. The SMILES string of the molecule is COc1c(Br)c(-c2ccc(C#N)c(F)c2)nc(N2CCC(C)CC2)c1[N+](=O)[O-]. The Labute approximate surface area is 170 Å². The highest BCUT2D eigenvalue weighted by Crippen LogP contribution is 2.46. The third kappa shape index (κ3) is 3.64. The van der Waals surface area contributed by atoms with E-state index in [1.165, 1.54) is 19.2 Å². The van der Waals surface area contributed by atoms with Crippen LogP contribution in [0.3, 0.4) is 0 Å². The number of anilines is 1. The summed E-state index contributed by atoms with van der Waals surface area (Å²) >= 11 is 3.33. The number of ether oxygens (including phenoxy) is 1. The molecule has 1 aromatic heterocycles. The molecule has 0 radical (unpaired) electrons. The van der Waals surface area contributed by atoms with Crippen LogP contribution in [0.2, 0.25) is 0 Å². The highest BCUT2D eigenvalue weighted by molar-refractivity contribution is 9.10. The van der Waals surface area contributed by atoms with Gasteiger partial charge in [0.2, 0.25) is 11.6 Å². The van der Waals surface area contributed by atoms with Crippen molar-refractivity contribution in [3.05, 3.63) is 44.2 Å². The van der Waals surface area contributed by atoms with Crippen molar-refractivity contribution in [3.8, 4) is 23.1 Å². The van der Waals surface area contributed by atoms with Crippen LogP contribution in [0.15, 0.2) is 22.7 Å². The fourth-order valence-corrected chi connectivity index (χ4v) is 3.92. The fraction of sp³-hybridized carbons (Fsp3) is 0.368. The van der Waals surface area contributed by atoms with Crippen LogP contribution < -0.4 is 9.64 Å². The number of halogens is 2. The summed E-state index contributed by atoms with van der Waals surface area (Å²) in [5.41, 5.74) is 0.406. The van der Waals surface area contributed by atoms with Crippen molar-refractivity contribution < 1.29 is 14.1 Å². The van der Waals surface area contributed by atoms with Crippen molar-refractivity contribution in [1.82, 2.24) is 4.98 Å². The number of nitro groups is 1. The Morgan fingerprint density at radius 2 is 2.11 bits per heavy atom. The fourth-order valence-electron chi connectivity index (χ4n) is 3.26. The second-order valence-corrected chi connectivity index (χ2v) is 7.51. The molecule has 1 aromatic carbocycles. The molecule has 0 unspecified atom stereocenters. The minimum atomic E-state index is -0.681. The van der Waals surface area contributed by atoms with Gasteiger partial charge in [0.1, 0.15) is 11.9 Å². The van der Waals surface area contributed by atoms with Crippen LogP contribution in [-0.4, -0.2) is 30.1 Å². The molecule has 0 N–H and O–H groups in total. The number of aromatic nitrogens is 1. The van der Waals surface area contributed by atoms with E-state index in [-0.39, 0.29) is 27.3 Å². The second kappa shape index (κ2) is 8.10. The van der Waals surface area contributed by atoms with E-state index in [0.717, 1.165) is 12.8 Å². The van der Waals surface area contributed by atoms with Gasteiger partial charge in [-0.1, -0.05) is 13.0 Å². The molecule has 9 heteroatoms. The maximum atomic E-state index is 14.1. The smallest absolute Gasteiger partial charge is 0.354 e. The number of rotatable bonds is 4. The van der Waals surface area contributed by atoms with E-state index in [1.807, 2.05) is 4.90 Å². The minimum Gasteiger partial charge on any atom is -0.489 e. The summed E-state index contributed by atoms with van der Waals surface area (Å²) in [5, 5.41) is 20.7. The van der Waals surface area contributed by atoms with E-state index in [9.17, 15) is 14.5 Å². The molecule has 1 saturated heterocycles. The molecule has 0 atom stereocenters. The Balaban J connectivity index is 2.21. The molecule has 7 nitrogen and oxygen atoms in total. The number of methoxy groups -OCH3 is 1. The lowest BCUT2D eigenvalue weighted by Crippen LogP contribution is -2.34. The lowest BCUT2D eigenvalue weighted by Gasteiger charge is -2.31. The molecule has 146 valence electrons. The number of hydrogen-bond acceptors (Lipinski definition) is 6. The largest absolute Gasteiger partial charge is 0.489 e. The molecule has 3 rings (SSSR count). The summed E-state index contributed by atoms with van der Waals surface area (Å²) < 4.78 is 19.7. The molecule has 0 saturated carbocycles. The number of pyridine rings is 1.